The topological polar surface area (TPSA) is 63.6 Å². The smallest absolute Gasteiger partial charge is 0.269 e. The van der Waals surface area contributed by atoms with Crippen molar-refractivity contribution in [3.05, 3.63) is 21.6 Å². The summed E-state index contributed by atoms with van der Waals surface area (Å²) in [5.74, 6) is 0. The Balaban J connectivity index is 2.86. The van der Waals surface area contributed by atoms with Gasteiger partial charge in [0.25, 0.3) is 5.56 Å². The zero-order valence-corrected chi connectivity index (χ0v) is 6.46. The van der Waals surface area contributed by atoms with Crippen LogP contribution in [0.15, 0.2) is 10.9 Å². The van der Waals surface area contributed by atoms with E-state index in [0.717, 1.165) is 0 Å². The van der Waals surface area contributed by atoms with Crippen LogP contribution in [-0.4, -0.2) is 20.0 Å². The average Bonchev–Trinajstić information content (AvgIpc) is 2.43. The molecule has 0 radical (unpaired) electrons. The number of fused-ring (bicyclic) bond motifs is 1. The molecule has 0 saturated carbocycles. The molecule has 2 rings (SSSR count). The summed E-state index contributed by atoms with van der Waals surface area (Å²) in [6.07, 6.45) is 0. The Kier molecular flexibility index (Phi) is 0.889. The lowest BCUT2D eigenvalue weighted by atomic mass is 10.4. The highest BCUT2D eigenvalue weighted by atomic mass is 35.5. The van der Waals surface area contributed by atoms with E-state index in [-0.39, 0.29) is 16.2 Å². The van der Waals surface area contributed by atoms with Gasteiger partial charge in [-0.2, -0.15) is 0 Å². The first-order valence-corrected chi connectivity index (χ1v) is 3.42. The van der Waals surface area contributed by atoms with Gasteiger partial charge in [0.05, 0.1) is 5.39 Å². The third-order valence-electron chi connectivity index (χ3n) is 1.41. The molecule has 5 nitrogen and oxygen atoms in total. The van der Waals surface area contributed by atoms with Crippen molar-refractivity contribution in [2.75, 3.05) is 0 Å². The molecule has 0 aliphatic carbocycles. The molecule has 0 atom stereocenters. The van der Waals surface area contributed by atoms with Crippen molar-refractivity contribution in [2.45, 2.75) is 0 Å². The van der Waals surface area contributed by atoms with Gasteiger partial charge in [-0.15, -0.1) is 10.2 Å². The highest BCUT2D eigenvalue weighted by molar-refractivity contribution is 6.29. The lowest BCUT2D eigenvalue weighted by Crippen LogP contribution is -2.01. The second kappa shape index (κ2) is 2.31. The van der Waals surface area contributed by atoms with Crippen molar-refractivity contribution in [1.82, 2.24) is 20.0 Å². The molecule has 0 spiro atoms. The molecule has 12 heavy (non-hydrogen) atoms. The van der Waals surface area contributed by atoms with Crippen molar-refractivity contribution in [2.24, 2.45) is 6.98 Å². The van der Waals surface area contributed by atoms with E-state index in [1.165, 1.54) is 6.07 Å². The first kappa shape index (κ1) is 4.61. The lowest BCUT2D eigenvalue weighted by Gasteiger charge is -1.90. The lowest BCUT2D eigenvalue weighted by molar-refractivity contribution is 0.766. The quantitative estimate of drug-likeness (QED) is 0.646. The number of aromatic nitrogens is 4. The van der Waals surface area contributed by atoms with Crippen LogP contribution in [0.5, 0.6) is 0 Å². The maximum atomic E-state index is 11.3. The van der Waals surface area contributed by atoms with E-state index in [0.29, 0.717) is 4.68 Å². The molecule has 2 aromatic rings. The Morgan fingerprint density at radius 2 is 2.58 bits per heavy atom. The molecule has 0 aliphatic heterocycles. The van der Waals surface area contributed by atoms with Crippen LogP contribution in [-0.2, 0) is 6.98 Å². The standard InChI is InChI=1S/C6H5ClN4O/c1-11-5-3(6(12)10-11)2-4(7)8-9-5/h2H,1H3,(H,10,12)/i1D3. The van der Waals surface area contributed by atoms with E-state index in [9.17, 15) is 4.79 Å². The highest BCUT2D eigenvalue weighted by Gasteiger charge is 2.05. The summed E-state index contributed by atoms with van der Waals surface area (Å²) in [7, 11) is 0. The van der Waals surface area contributed by atoms with Gasteiger partial charge in [0.15, 0.2) is 10.8 Å². The van der Waals surface area contributed by atoms with Crippen LogP contribution in [0.1, 0.15) is 4.11 Å². The predicted molar refractivity (Wildman–Crippen MR) is 44.1 cm³/mol. The van der Waals surface area contributed by atoms with Crippen LogP contribution in [0, 0.1) is 0 Å². The maximum Gasteiger partial charge on any atom is 0.273 e. The van der Waals surface area contributed by atoms with Gasteiger partial charge in [0, 0.05) is 11.1 Å². The molecule has 2 aromatic heterocycles. The minimum atomic E-state index is -2.50. The van der Waals surface area contributed by atoms with Gasteiger partial charge in [-0.3, -0.25) is 14.6 Å². The number of H-pyrrole nitrogens is 1. The zero-order valence-electron chi connectivity index (χ0n) is 8.71. The monoisotopic (exact) mass is 187 g/mol. The number of nitrogens with zero attached hydrogens (tertiary/aromatic N) is 3. The fourth-order valence-corrected chi connectivity index (χ4v) is 1.06. The van der Waals surface area contributed by atoms with E-state index in [1.54, 1.807) is 0 Å². The van der Waals surface area contributed by atoms with Gasteiger partial charge in [-0.05, 0) is 6.07 Å². The van der Waals surface area contributed by atoms with Crippen LogP contribution in [0.3, 0.4) is 0 Å². The fraction of sp³-hybridized carbons (Fsp3) is 0.167. The first-order valence-electron chi connectivity index (χ1n) is 4.54. The van der Waals surface area contributed by atoms with Gasteiger partial charge in [-0.25, -0.2) is 0 Å². The van der Waals surface area contributed by atoms with E-state index in [1.807, 2.05) is 0 Å². The SMILES string of the molecule is [2H]C([2H])([2H])n1[nH]c(=O)c2cc(Cl)nnc21. The summed E-state index contributed by atoms with van der Waals surface area (Å²) in [5.41, 5.74) is -0.595. The van der Waals surface area contributed by atoms with Crippen molar-refractivity contribution < 1.29 is 4.11 Å². The van der Waals surface area contributed by atoms with E-state index in [4.69, 9.17) is 15.7 Å². The van der Waals surface area contributed by atoms with Crippen molar-refractivity contribution in [3.63, 3.8) is 0 Å². The number of hydrogen-bond acceptors (Lipinski definition) is 3. The second-order valence-electron chi connectivity index (χ2n) is 2.18. The van der Waals surface area contributed by atoms with E-state index >= 15 is 0 Å². The van der Waals surface area contributed by atoms with Crippen LogP contribution in [0.4, 0.5) is 0 Å². The van der Waals surface area contributed by atoms with Gasteiger partial charge in [0.2, 0.25) is 0 Å². The second-order valence-corrected chi connectivity index (χ2v) is 2.57. The van der Waals surface area contributed by atoms with Gasteiger partial charge >= 0.3 is 0 Å². The van der Waals surface area contributed by atoms with Gasteiger partial charge < -0.3 is 0 Å². The maximum absolute atomic E-state index is 11.3. The molecule has 1 N–H and O–H groups in total. The first-order chi connectivity index (χ1) is 6.89. The Morgan fingerprint density at radius 1 is 1.75 bits per heavy atom. The molecule has 0 saturated heterocycles. The predicted octanol–water partition coefficient (Wildman–Crippen LogP) is 0.310. The van der Waals surface area contributed by atoms with Gasteiger partial charge in [-0.1, -0.05) is 11.6 Å². The normalized spacial score (nSPS) is 15.6. The molecule has 0 fully saturated rings. The van der Waals surface area contributed by atoms with Crippen LogP contribution in [0.25, 0.3) is 11.0 Å². The molecule has 0 aromatic carbocycles. The van der Waals surface area contributed by atoms with Crippen molar-refractivity contribution >= 4 is 22.6 Å². The summed E-state index contributed by atoms with van der Waals surface area (Å²) < 4.78 is 22.1. The Labute approximate surface area is 76.2 Å². The minimum absolute atomic E-state index is 0.0376. The molecule has 2 heterocycles. The van der Waals surface area contributed by atoms with Crippen molar-refractivity contribution in [3.8, 4) is 0 Å². The number of nitrogens with one attached hydrogen (secondary N) is 1. The molecule has 0 bridgehead atoms. The Morgan fingerprint density at radius 3 is 3.33 bits per heavy atom. The minimum Gasteiger partial charge on any atom is -0.269 e. The fourth-order valence-electron chi connectivity index (χ4n) is 0.909. The Bertz CT molecular complexity index is 572. The van der Waals surface area contributed by atoms with Crippen LogP contribution in [0.2, 0.25) is 5.15 Å². The summed E-state index contributed by atoms with van der Waals surface area (Å²) in [6, 6.07) is 1.27. The molecule has 62 valence electrons. The van der Waals surface area contributed by atoms with Gasteiger partial charge in [0.1, 0.15) is 0 Å². The third-order valence-corrected chi connectivity index (χ3v) is 1.60. The molecule has 0 amide bonds. The van der Waals surface area contributed by atoms with Crippen molar-refractivity contribution in [1.29, 1.82) is 0 Å². The number of hydrogen-bond donors (Lipinski definition) is 1. The molecule has 6 heteroatoms. The third kappa shape index (κ3) is 0.902. The number of halogens is 1. The number of rotatable bonds is 0. The molecular formula is C6H5ClN4O. The molecule has 0 aliphatic rings. The summed E-state index contributed by atoms with van der Waals surface area (Å²) in [5, 5.41) is 9.34. The molecular weight excluding hydrogens is 180 g/mol. The highest BCUT2D eigenvalue weighted by Crippen LogP contribution is 2.08. The average molecular weight is 188 g/mol. The van der Waals surface area contributed by atoms with Crippen LogP contribution >= 0.6 is 11.6 Å². The molecule has 0 unspecified atom stereocenters. The van der Waals surface area contributed by atoms with E-state index < -0.39 is 12.5 Å². The van der Waals surface area contributed by atoms with Crippen LogP contribution < -0.4 is 5.56 Å². The number of aromatic amines is 1. The summed E-state index contributed by atoms with van der Waals surface area (Å²) in [4.78, 5) is 11.3. The Hall–Kier alpha value is -1.36. The summed E-state index contributed by atoms with van der Waals surface area (Å²) >= 11 is 5.54. The number of aryl methyl sites for hydroxylation is 1. The summed E-state index contributed by atoms with van der Waals surface area (Å²) in [6.45, 7) is -2.50. The zero-order chi connectivity index (χ0) is 11.2. The largest absolute Gasteiger partial charge is 0.273 e. The van der Waals surface area contributed by atoms with E-state index in [2.05, 4.69) is 15.3 Å².